The number of hydrazine groups is 1. The molecule has 0 saturated heterocycles. The van der Waals surface area contributed by atoms with Crippen molar-refractivity contribution in [2.45, 2.75) is 36.8 Å². The molecule has 1 atom stereocenters. The summed E-state index contributed by atoms with van der Waals surface area (Å²) < 4.78 is 45.7. The van der Waals surface area contributed by atoms with E-state index in [4.69, 9.17) is 20.3 Å². The second-order valence-electron chi connectivity index (χ2n) is 9.48. The predicted molar refractivity (Wildman–Crippen MR) is 130 cm³/mol. The van der Waals surface area contributed by atoms with Gasteiger partial charge in [-0.1, -0.05) is 0 Å². The molecule has 10 nitrogen and oxygen atoms in total. The fourth-order valence-electron chi connectivity index (χ4n) is 5.52. The molecule has 1 saturated carbocycles. The Bertz CT molecular complexity index is 1690. The van der Waals surface area contributed by atoms with Gasteiger partial charge in [0.05, 0.1) is 11.1 Å². The largest absolute Gasteiger partial charge is 0.486 e. The van der Waals surface area contributed by atoms with Gasteiger partial charge in [0.2, 0.25) is 0 Å². The van der Waals surface area contributed by atoms with Crippen molar-refractivity contribution >= 4 is 16.6 Å². The first-order valence-corrected chi connectivity index (χ1v) is 11.5. The van der Waals surface area contributed by atoms with Crippen LogP contribution in [0.25, 0.3) is 10.8 Å². The molecule has 0 bridgehead atoms. The maximum atomic E-state index is 16.2. The molecule has 3 aliphatic rings. The normalized spacial score (nSPS) is 23.6. The molecule has 36 heavy (non-hydrogen) atoms. The van der Waals surface area contributed by atoms with E-state index in [-0.39, 0.29) is 45.6 Å². The number of aromatic nitrogens is 3. The molecular formula is C25H25FN8O2. The lowest BCUT2D eigenvalue weighted by molar-refractivity contribution is 0.145. The van der Waals surface area contributed by atoms with E-state index < -0.39 is 23.9 Å². The van der Waals surface area contributed by atoms with Crippen LogP contribution >= 0.6 is 0 Å². The number of nitrogens with two attached hydrogens (primary N) is 2. The maximum Gasteiger partial charge on any atom is 0.276 e. The van der Waals surface area contributed by atoms with Crippen molar-refractivity contribution in [3.63, 3.8) is 0 Å². The minimum atomic E-state index is -2.85. The molecule has 0 radical (unpaired) electrons. The van der Waals surface area contributed by atoms with Crippen LogP contribution in [-0.4, -0.2) is 39.0 Å². The molecule has 184 valence electrons. The SMILES string of the molecule is [2H]C([2H])([2H])n1nc(N)c2cc(C3(c4c(F)cc5c(c4C#N)OC4(CC5)CC4)C(CN)=CNN3C)ncc2c1=O. The standard InChI is InChI=1S/C25H25FN8O2/c1-33-23(35)17-12-30-19(8-15(17)22(29)32-33)25(14(9-27)11-31-34(25)2)20-16(10-28)21-13(7-18(20)26)3-4-24(36-21)5-6-24/h7-8,11-12,31H,3-6,9,27H2,1-2H3,(H2,29,32)/i1D3. The third kappa shape index (κ3) is 2.85. The monoisotopic (exact) mass is 491 g/mol. The van der Waals surface area contributed by atoms with E-state index in [1.807, 2.05) is 0 Å². The number of nitrogens with one attached hydrogen (secondary N) is 1. The number of rotatable bonds is 3. The number of hydrogen-bond acceptors (Lipinski definition) is 9. The molecule has 5 N–H and O–H groups in total. The van der Waals surface area contributed by atoms with Crippen LogP contribution in [0.1, 0.15) is 45.8 Å². The first kappa shape index (κ1) is 19.2. The molecule has 0 amide bonds. The number of nitrogens with zero attached hydrogens (tertiary/aromatic N) is 5. The number of nitriles is 1. The van der Waals surface area contributed by atoms with Crippen LogP contribution in [0.3, 0.4) is 0 Å². The first-order valence-electron chi connectivity index (χ1n) is 13.0. The van der Waals surface area contributed by atoms with Crippen LogP contribution in [-0.2, 0) is 18.9 Å². The Kier molecular flexibility index (Phi) is 4.00. The van der Waals surface area contributed by atoms with Crippen LogP contribution in [0.5, 0.6) is 5.75 Å². The van der Waals surface area contributed by atoms with E-state index in [0.717, 1.165) is 19.3 Å². The van der Waals surface area contributed by atoms with Crippen LogP contribution in [0.2, 0.25) is 0 Å². The maximum absolute atomic E-state index is 16.2. The van der Waals surface area contributed by atoms with Gasteiger partial charge in [-0.2, -0.15) is 10.4 Å². The van der Waals surface area contributed by atoms with Crippen LogP contribution in [0.15, 0.2) is 34.9 Å². The van der Waals surface area contributed by atoms with Gasteiger partial charge in [0.1, 0.15) is 34.3 Å². The van der Waals surface area contributed by atoms with Crippen molar-refractivity contribution in [3.05, 3.63) is 68.7 Å². The topological polar surface area (TPSA) is 148 Å². The molecule has 11 heteroatoms. The minimum absolute atomic E-state index is 0.000126. The second kappa shape index (κ2) is 7.49. The molecule has 2 aliphatic heterocycles. The lowest BCUT2D eigenvalue weighted by atomic mass is 9.76. The van der Waals surface area contributed by atoms with Crippen molar-refractivity contribution in [3.8, 4) is 11.8 Å². The molecule has 1 spiro atoms. The van der Waals surface area contributed by atoms with Crippen molar-refractivity contribution in [1.29, 1.82) is 5.26 Å². The molecule has 1 aromatic carbocycles. The van der Waals surface area contributed by atoms with Crippen molar-refractivity contribution in [2.75, 3.05) is 19.3 Å². The summed E-state index contributed by atoms with van der Waals surface area (Å²) in [6, 6.07) is 5.04. The number of hydrogen-bond donors (Lipinski definition) is 3. The molecule has 3 aromatic rings. The van der Waals surface area contributed by atoms with E-state index in [0.29, 0.717) is 28.0 Å². The fraction of sp³-hybridized carbons (Fsp3) is 0.360. The third-order valence-corrected chi connectivity index (χ3v) is 7.56. The summed E-state index contributed by atoms with van der Waals surface area (Å²) in [6.07, 6.45) is 5.90. The Hall–Kier alpha value is -4.01. The average molecular weight is 492 g/mol. The quantitative estimate of drug-likeness (QED) is 0.493. The summed E-state index contributed by atoms with van der Waals surface area (Å²) in [5.41, 5.74) is 13.9. The second-order valence-corrected chi connectivity index (χ2v) is 9.48. The number of likely N-dealkylation sites (N-methyl/N-ethyl adjacent to an activating group) is 1. The third-order valence-electron chi connectivity index (χ3n) is 7.56. The van der Waals surface area contributed by atoms with Gasteiger partial charge in [0, 0.05) is 48.0 Å². The number of halogens is 1. The zero-order chi connectivity index (χ0) is 27.9. The average Bonchev–Trinajstić information content (AvgIpc) is 3.57. The zero-order valence-electron chi connectivity index (χ0n) is 22.4. The number of benzene rings is 1. The zero-order valence-corrected chi connectivity index (χ0v) is 19.4. The van der Waals surface area contributed by atoms with E-state index >= 15 is 4.39 Å². The Labute approximate surface area is 210 Å². The number of nitrogen functional groups attached to an aromatic ring is 1. The lowest BCUT2D eigenvalue weighted by Gasteiger charge is -2.40. The summed E-state index contributed by atoms with van der Waals surface area (Å²) in [7, 11) is 1.66. The highest BCUT2D eigenvalue weighted by molar-refractivity contribution is 5.90. The number of pyridine rings is 1. The summed E-state index contributed by atoms with van der Waals surface area (Å²) >= 11 is 0. The Morgan fingerprint density at radius 1 is 1.36 bits per heavy atom. The first-order chi connectivity index (χ1) is 18.5. The van der Waals surface area contributed by atoms with E-state index in [9.17, 15) is 10.1 Å². The Balaban J connectivity index is 1.66. The smallest absolute Gasteiger partial charge is 0.276 e. The van der Waals surface area contributed by atoms with Gasteiger partial charge in [-0.25, -0.2) is 14.1 Å². The predicted octanol–water partition coefficient (Wildman–Crippen LogP) is 1.32. The van der Waals surface area contributed by atoms with Crippen LogP contribution in [0, 0.1) is 17.1 Å². The summed E-state index contributed by atoms with van der Waals surface area (Å²) in [4.78, 5) is 17.5. The minimum Gasteiger partial charge on any atom is -0.486 e. The number of anilines is 1. The van der Waals surface area contributed by atoms with Crippen molar-refractivity contribution < 1.29 is 13.2 Å². The van der Waals surface area contributed by atoms with Gasteiger partial charge in [0.15, 0.2) is 5.82 Å². The highest BCUT2D eigenvalue weighted by Crippen LogP contribution is 2.53. The number of aryl methyl sites for hydroxylation is 2. The number of ether oxygens (including phenoxy) is 1. The van der Waals surface area contributed by atoms with Crippen LogP contribution < -0.4 is 27.2 Å². The Morgan fingerprint density at radius 2 is 2.17 bits per heavy atom. The van der Waals surface area contributed by atoms with E-state index in [1.54, 1.807) is 18.3 Å². The lowest BCUT2D eigenvalue weighted by Crippen LogP contribution is -2.49. The summed E-state index contributed by atoms with van der Waals surface area (Å²) in [5, 5.41) is 15.8. The van der Waals surface area contributed by atoms with Crippen molar-refractivity contribution in [2.24, 2.45) is 12.7 Å². The van der Waals surface area contributed by atoms with Crippen molar-refractivity contribution in [1.82, 2.24) is 25.2 Å². The Morgan fingerprint density at radius 3 is 2.86 bits per heavy atom. The summed E-state index contributed by atoms with van der Waals surface area (Å²) in [6.45, 7) is -2.88. The van der Waals surface area contributed by atoms with Gasteiger partial charge in [-0.15, -0.1) is 0 Å². The highest BCUT2D eigenvalue weighted by atomic mass is 19.1. The van der Waals surface area contributed by atoms with Crippen LogP contribution in [0.4, 0.5) is 10.2 Å². The fourth-order valence-corrected chi connectivity index (χ4v) is 5.52. The van der Waals surface area contributed by atoms with Gasteiger partial charge in [-0.3, -0.25) is 9.78 Å². The molecular weight excluding hydrogens is 463 g/mol. The molecule has 1 fully saturated rings. The van der Waals surface area contributed by atoms with Gasteiger partial charge in [0.25, 0.3) is 5.56 Å². The molecule has 4 heterocycles. The molecule has 6 rings (SSSR count). The van der Waals surface area contributed by atoms with E-state index in [2.05, 4.69) is 21.6 Å². The molecule has 1 aliphatic carbocycles. The number of fused-ring (bicyclic) bond motifs is 2. The highest BCUT2D eigenvalue weighted by Gasteiger charge is 2.53. The van der Waals surface area contributed by atoms with Gasteiger partial charge in [-0.05, 0) is 49.0 Å². The van der Waals surface area contributed by atoms with E-state index in [1.165, 1.54) is 18.3 Å². The van der Waals surface area contributed by atoms with Gasteiger partial charge < -0.3 is 21.6 Å². The summed E-state index contributed by atoms with van der Waals surface area (Å²) in [5.74, 6) is -0.505. The molecule has 2 aromatic heterocycles. The van der Waals surface area contributed by atoms with Gasteiger partial charge >= 0.3 is 0 Å². The molecule has 1 unspecified atom stereocenters.